The summed E-state index contributed by atoms with van der Waals surface area (Å²) >= 11 is 0. The Bertz CT molecular complexity index is 1210. The lowest BCUT2D eigenvalue weighted by Gasteiger charge is -1.94. The van der Waals surface area contributed by atoms with Crippen LogP contribution in [0.15, 0.2) is 35.3 Å². The summed E-state index contributed by atoms with van der Waals surface area (Å²) in [6, 6.07) is 9.38. The molecule has 2 aromatic heterocycles. The van der Waals surface area contributed by atoms with E-state index in [1.807, 2.05) is 31.2 Å². The van der Waals surface area contributed by atoms with Gasteiger partial charge in [-0.05, 0) is 49.8 Å². The van der Waals surface area contributed by atoms with E-state index in [1.54, 1.807) is 19.2 Å². The van der Waals surface area contributed by atoms with Crippen molar-refractivity contribution in [2.45, 2.75) is 13.8 Å². The molecule has 1 aliphatic heterocycles. The zero-order chi connectivity index (χ0) is 17.6. The van der Waals surface area contributed by atoms with Gasteiger partial charge in [0.1, 0.15) is 11.5 Å². The lowest BCUT2D eigenvalue weighted by Crippen LogP contribution is -2.20. The smallest absolute Gasteiger partial charge is 0.144 e. The minimum Gasteiger partial charge on any atom is -0.507 e. The molecule has 0 radical (unpaired) electrons. The normalized spacial score (nSPS) is 15.7. The molecule has 3 N–H and O–H groups in total. The van der Waals surface area contributed by atoms with Gasteiger partial charge < -0.3 is 19.8 Å². The van der Waals surface area contributed by atoms with Crippen molar-refractivity contribution in [2.24, 2.45) is 4.99 Å². The Morgan fingerprint density at radius 2 is 2.00 bits per heavy atom. The predicted molar refractivity (Wildman–Crippen MR) is 97.2 cm³/mol. The number of hydrogen-bond donors (Lipinski definition) is 3. The molecule has 0 fully saturated rings. The van der Waals surface area contributed by atoms with Crippen molar-refractivity contribution >= 4 is 17.8 Å². The van der Waals surface area contributed by atoms with Crippen LogP contribution in [0.1, 0.15) is 17.0 Å². The van der Waals surface area contributed by atoms with Gasteiger partial charge in [-0.3, -0.25) is 0 Å². The summed E-state index contributed by atoms with van der Waals surface area (Å²) < 4.78 is 5.51. The van der Waals surface area contributed by atoms with E-state index in [0.717, 1.165) is 44.1 Å². The van der Waals surface area contributed by atoms with Crippen LogP contribution in [0.5, 0.6) is 11.5 Å². The monoisotopic (exact) mass is 333 g/mol. The standard InChI is InChI=1S/C20H19N3O2/c1-11-7-12(2)21-15(11)9-18-20(25-3)10-17(23-18)16-8-13-14(22-16)5-4-6-19(13)24/h4-10,21,23-24H,1-3H3/b17-16?,18-9-. The molecule has 0 unspecified atom stereocenters. The van der Waals surface area contributed by atoms with Crippen LogP contribution in [0, 0.1) is 13.8 Å². The van der Waals surface area contributed by atoms with Crippen LogP contribution in [0.4, 0.5) is 0 Å². The summed E-state index contributed by atoms with van der Waals surface area (Å²) in [4.78, 5) is 11.3. The molecule has 5 heteroatoms. The molecule has 5 nitrogen and oxygen atoms in total. The Hall–Kier alpha value is -3.21. The number of aromatic amines is 2. The summed E-state index contributed by atoms with van der Waals surface area (Å²) in [6.07, 6.45) is 3.91. The van der Waals surface area contributed by atoms with Crippen molar-refractivity contribution in [3.63, 3.8) is 0 Å². The van der Waals surface area contributed by atoms with E-state index in [2.05, 4.69) is 28.0 Å². The third kappa shape index (κ3) is 2.63. The van der Waals surface area contributed by atoms with E-state index < -0.39 is 0 Å². The maximum Gasteiger partial charge on any atom is 0.144 e. The summed E-state index contributed by atoms with van der Waals surface area (Å²) in [5.41, 5.74) is 4.11. The van der Waals surface area contributed by atoms with Gasteiger partial charge in [-0.25, -0.2) is 4.99 Å². The highest BCUT2D eigenvalue weighted by molar-refractivity contribution is 5.77. The van der Waals surface area contributed by atoms with E-state index in [9.17, 15) is 5.11 Å². The van der Waals surface area contributed by atoms with Gasteiger partial charge in [0.2, 0.25) is 0 Å². The van der Waals surface area contributed by atoms with Crippen molar-refractivity contribution in [3.05, 3.63) is 68.6 Å². The topological polar surface area (TPSA) is 73.4 Å². The van der Waals surface area contributed by atoms with Crippen LogP contribution >= 0.6 is 0 Å². The second kappa shape index (κ2) is 5.70. The number of H-pyrrole nitrogens is 2. The van der Waals surface area contributed by atoms with Gasteiger partial charge >= 0.3 is 0 Å². The Labute approximate surface area is 144 Å². The van der Waals surface area contributed by atoms with E-state index in [1.165, 1.54) is 5.56 Å². The quantitative estimate of drug-likeness (QED) is 0.647. The van der Waals surface area contributed by atoms with Gasteiger partial charge in [0.05, 0.1) is 28.9 Å². The lowest BCUT2D eigenvalue weighted by atomic mass is 10.2. The molecular formula is C20H19N3O2. The molecule has 0 atom stereocenters. The second-order valence-corrected chi connectivity index (χ2v) is 6.21. The summed E-state index contributed by atoms with van der Waals surface area (Å²) in [5, 5.41) is 13.2. The Kier molecular flexibility index (Phi) is 3.50. The fourth-order valence-corrected chi connectivity index (χ4v) is 3.13. The fraction of sp³-hybridized carbons (Fsp3) is 0.150. The largest absolute Gasteiger partial charge is 0.507 e. The third-order valence-corrected chi connectivity index (χ3v) is 4.37. The zero-order valence-electron chi connectivity index (χ0n) is 14.3. The highest BCUT2D eigenvalue weighted by Gasteiger charge is 2.08. The second-order valence-electron chi connectivity index (χ2n) is 6.21. The number of aromatic nitrogens is 2. The maximum absolute atomic E-state index is 9.98. The molecule has 1 aliphatic rings. The van der Waals surface area contributed by atoms with Crippen LogP contribution in [-0.2, 0) is 0 Å². The van der Waals surface area contributed by atoms with Crippen molar-refractivity contribution in [2.75, 3.05) is 7.11 Å². The number of methoxy groups -OCH3 is 1. The van der Waals surface area contributed by atoms with Crippen molar-refractivity contribution < 1.29 is 9.84 Å². The van der Waals surface area contributed by atoms with Crippen LogP contribution < -0.4 is 26.0 Å². The minimum absolute atomic E-state index is 0.235. The first kappa shape index (κ1) is 15.3. The third-order valence-electron chi connectivity index (χ3n) is 4.37. The van der Waals surface area contributed by atoms with E-state index >= 15 is 0 Å². The number of hydrogen-bond acceptors (Lipinski definition) is 3. The van der Waals surface area contributed by atoms with Crippen LogP contribution in [0.25, 0.3) is 17.8 Å². The fourth-order valence-electron chi connectivity index (χ4n) is 3.13. The first-order valence-corrected chi connectivity index (χ1v) is 8.09. The number of phenols is 1. The minimum atomic E-state index is 0.235. The van der Waals surface area contributed by atoms with E-state index in [4.69, 9.17) is 4.74 Å². The number of benzene rings is 1. The number of fused-ring (bicyclic) bond motifs is 1. The van der Waals surface area contributed by atoms with Crippen molar-refractivity contribution in [1.82, 2.24) is 9.97 Å². The molecule has 0 amide bonds. The molecule has 3 aromatic rings. The molecule has 4 rings (SSSR count). The van der Waals surface area contributed by atoms with Crippen molar-refractivity contribution in [3.8, 4) is 11.5 Å². The number of phenolic OH excluding ortho intramolecular Hbond substituents is 1. The van der Waals surface area contributed by atoms with E-state index in [-0.39, 0.29) is 5.75 Å². The molecule has 0 spiro atoms. The lowest BCUT2D eigenvalue weighted by molar-refractivity contribution is 0.412. The zero-order valence-corrected chi connectivity index (χ0v) is 14.3. The first-order chi connectivity index (χ1) is 12.0. The summed E-state index contributed by atoms with van der Waals surface area (Å²) in [6.45, 7) is 4.10. The van der Waals surface area contributed by atoms with Gasteiger partial charge in [-0.15, -0.1) is 0 Å². The average molecular weight is 333 g/mol. The number of aromatic hydroxyl groups is 1. The molecule has 25 heavy (non-hydrogen) atoms. The van der Waals surface area contributed by atoms with Gasteiger partial charge in [0.25, 0.3) is 0 Å². The van der Waals surface area contributed by atoms with Crippen LogP contribution in [-0.4, -0.2) is 22.2 Å². The van der Waals surface area contributed by atoms with Gasteiger partial charge in [0.15, 0.2) is 0 Å². The molecule has 126 valence electrons. The molecule has 3 heterocycles. The SMILES string of the molecule is COc1cc(=C2C=c3c(O)cccc3=N2)[nH]/c1=C\c1[nH]c(C)cc1C. The predicted octanol–water partition coefficient (Wildman–Crippen LogP) is 0.725. The van der Waals surface area contributed by atoms with Crippen molar-refractivity contribution in [1.29, 1.82) is 0 Å². The number of nitrogens with zero attached hydrogens (tertiary/aromatic N) is 1. The van der Waals surface area contributed by atoms with Gasteiger partial charge in [-0.1, -0.05) is 6.07 Å². The highest BCUT2D eigenvalue weighted by Crippen LogP contribution is 2.11. The molecule has 1 aromatic carbocycles. The Balaban J connectivity index is 1.94. The number of rotatable bonds is 2. The molecule has 0 aliphatic carbocycles. The van der Waals surface area contributed by atoms with Crippen LogP contribution in [0.3, 0.4) is 0 Å². The maximum atomic E-state index is 9.98. The summed E-state index contributed by atoms with van der Waals surface area (Å²) in [7, 11) is 1.65. The number of ether oxygens (including phenoxy) is 1. The molecule has 0 saturated carbocycles. The number of aryl methyl sites for hydroxylation is 2. The Morgan fingerprint density at radius 1 is 1.16 bits per heavy atom. The molecule has 0 bridgehead atoms. The average Bonchev–Trinajstić information content (AvgIpc) is 3.25. The molecular weight excluding hydrogens is 314 g/mol. The van der Waals surface area contributed by atoms with Gasteiger partial charge in [-0.2, -0.15) is 0 Å². The van der Waals surface area contributed by atoms with E-state index in [0.29, 0.717) is 0 Å². The highest BCUT2D eigenvalue weighted by atomic mass is 16.5. The Morgan fingerprint density at radius 3 is 2.68 bits per heavy atom. The first-order valence-electron chi connectivity index (χ1n) is 8.09. The number of nitrogens with one attached hydrogen (secondary N) is 2. The van der Waals surface area contributed by atoms with Gasteiger partial charge in [0, 0.05) is 22.7 Å². The molecule has 0 saturated heterocycles. The summed E-state index contributed by atoms with van der Waals surface area (Å²) in [5.74, 6) is 0.983. The van der Waals surface area contributed by atoms with Crippen LogP contribution in [0.2, 0.25) is 0 Å².